The van der Waals surface area contributed by atoms with Crippen LogP contribution < -0.4 is 5.32 Å². The summed E-state index contributed by atoms with van der Waals surface area (Å²) < 4.78 is 43.4. The van der Waals surface area contributed by atoms with Crippen molar-refractivity contribution in [3.8, 4) is 0 Å². The zero-order chi connectivity index (χ0) is 18.0. The molecule has 4 nitrogen and oxygen atoms in total. The van der Waals surface area contributed by atoms with Crippen LogP contribution in [-0.2, 0) is 15.7 Å². The molecule has 0 aliphatic heterocycles. The Labute approximate surface area is 139 Å². The fraction of sp³-hybridized carbons (Fsp3) is 0.529. The highest BCUT2D eigenvalue weighted by Crippen LogP contribution is 2.31. The number of rotatable bonds is 9. The molecule has 0 bridgehead atoms. The van der Waals surface area contributed by atoms with Crippen LogP contribution in [0.25, 0.3) is 0 Å². The number of benzene rings is 1. The van der Waals surface area contributed by atoms with E-state index in [1.54, 1.807) is 0 Å². The van der Waals surface area contributed by atoms with Crippen molar-refractivity contribution in [1.82, 2.24) is 5.32 Å². The van der Waals surface area contributed by atoms with Gasteiger partial charge in [-0.15, -0.1) is 0 Å². The molecule has 134 valence electrons. The van der Waals surface area contributed by atoms with Crippen molar-refractivity contribution < 1.29 is 27.5 Å². The van der Waals surface area contributed by atoms with Gasteiger partial charge in [0, 0.05) is 0 Å². The van der Waals surface area contributed by atoms with Crippen LogP contribution in [0.1, 0.15) is 54.9 Å². The second-order valence-corrected chi connectivity index (χ2v) is 5.36. The fourth-order valence-electron chi connectivity index (χ4n) is 2.12. The maximum absolute atomic E-state index is 12.8. The summed E-state index contributed by atoms with van der Waals surface area (Å²) in [6.07, 6.45) is 0.364. The van der Waals surface area contributed by atoms with Crippen LogP contribution in [0.3, 0.4) is 0 Å². The molecule has 0 atom stereocenters. The van der Waals surface area contributed by atoms with Gasteiger partial charge >= 0.3 is 12.1 Å². The van der Waals surface area contributed by atoms with Crippen molar-refractivity contribution in [2.75, 3.05) is 13.2 Å². The minimum absolute atomic E-state index is 0.248. The maximum Gasteiger partial charge on any atom is 0.417 e. The number of esters is 1. The minimum atomic E-state index is -4.63. The molecule has 1 aromatic carbocycles. The van der Waals surface area contributed by atoms with E-state index in [1.807, 2.05) is 0 Å². The van der Waals surface area contributed by atoms with E-state index in [4.69, 9.17) is 4.74 Å². The fourth-order valence-corrected chi connectivity index (χ4v) is 2.12. The number of ether oxygens (including phenoxy) is 1. The maximum atomic E-state index is 12.8. The summed E-state index contributed by atoms with van der Waals surface area (Å²) in [5.74, 6) is -1.62. The molecule has 1 aromatic rings. The topological polar surface area (TPSA) is 55.4 Å². The number of hydrogen-bond donors (Lipinski definition) is 1. The van der Waals surface area contributed by atoms with E-state index >= 15 is 0 Å². The standard InChI is InChI=1S/C17H22F3NO3/c1-2-3-4-5-8-11-24-15(22)12-21-16(23)13-9-6-7-10-14(13)17(18,19)20/h6-7,9-10H,2-5,8,11-12H2,1H3,(H,21,23). The van der Waals surface area contributed by atoms with E-state index < -0.39 is 35.7 Å². The molecule has 0 unspecified atom stereocenters. The van der Waals surface area contributed by atoms with Crippen molar-refractivity contribution in [2.45, 2.75) is 45.2 Å². The molecule has 0 aliphatic rings. The summed E-state index contributed by atoms with van der Waals surface area (Å²) in [7, 11) is 0. The molecule has 0 heterocycles. The quantitative estimate of drug-likeness (QED) is 0.545. The van der Waals surface area contributed by atoms with Crippen LogP contribution in [0.4, 0.5) is 13.2 Å². The lowest BCUT2D eigenvalue weighted by atomic mass is 10.1. The molecule has 0 saturated heterocycles. The van der Waals surface area contributed by atoms with E-state index in [2.05, 4.69) is 12.2 Å². The first-order valence-corrected chi connectivity index (χ1v) is 7.96. The van der Waals surface area contributed by atoms with Crippen LogP contribution in [-0.4, -0.2) is 25.0 Å². The van der Waals surface area contributed by atoms with Gasteiger partial charge in [0.15, 0.2) is 0 Å². The largest absolute Gasteiger partial charge is 0.464 e. The van der Waals surface area contributed by atoms with Gasteiger partial charge in [-0.3, -0.25) is 9.59 Å². The zero-order valence-electron chi connectivity index (χ0n) is 13.6. The average molecular weight is 345 g/mol. The Hall–Kier alpha value is -2.05. The van der Waals surface area contributed by atoms with Crippen molar-refractivity contribution in [1.29, 1.82) is 0 Å². The van der Waals surface area contributed by atoms with Crippen LogP contribution in [0.2, 0.25) is 0 Å². The number of hydrogen-bond acceptors (Lipinski definition) is 3. The molecule has 1 rings (SSSR count). The predicted molar refractivity (Wildman–Crippen MR) is 83.5 cm³/mol. The van der Waals surface area contributed by atoms with E-state index in [0.717, 1.165) is 44.2 Å². The molecule has 7 heteroatoms. The predicted octanol–water partition coefficient (Wildman–Crippen LogP) is 3.95. The Kier molecular flexibility index (Phi) is 8.29. The lowest BCUT2D eigenvalue weighted by molar-refractivity contribution is -0.142. The molecule has 0 radical (unpaired) electrons. The SMILES string of the molecule is CCCCCCCOC(=O)CNC(=O)c1ccccc1C(F)(F)F. The van der Waals surface area contributed by atoms with Gasteiger partial charge in [0.1, 0.15) is 6.54 Å². The second-order valence-electron chi connectivity index (χ2n) is 5.36. The number of nitrogens with one attached hydrogen (secondary N) is 1. The first kappa shape index (κ1) is 20.0. The van der Waals surface area contributed by atoms with Crippen molar-refractivity contribution in [2.24, 2.45) is 0 Å². The van der Waals surface area contributed by atoms with Gasteiger partial charge in [0.05, 0.1) is 17.7 Å². The number of carbonyl (C=O) groups is 2. The molecule has 0 aromatic heterocycles. The molecule has 0 aliphatic carbocycles. The van der Waals surface area contributed by atoms with Gasteiger partial charge in [-0.25, -0.2) is 0 Å². The van der Waals surface area contributed by atoms with E-state index in [-0.39, 0.29) is 6.61 Å². The normalized spacial score (nSPS) is 11.2. The number of unbranched alkanes of at least 4 members (excludes halogenated alkanes) is 4. The summed E-state index contributed by atoms with van der Waals surface area (Å²) in [5.41, 5.74) is -1.55. The van der Waals surface area contributed by atoms with E-state index in [0.29, 0.717) is 0 Å². The Morgan fingerprint density at radius 1 is 1.08 bits per heavy atom. The Bertz CT molecular complexity index is 544. The molecular weight excluding hydrogens is 323 g/mol. The van der Waals surface area contributed by atoms with Gasteiger partial charge in [0.25, 0.3) is 5.91 Å². The third-order valence-corrected chi connectivity index (χ3v) is 3.38. The number of halogens is 3. The molecule has 0 saturated carbocycles. The molecular formula is C17H22F3NO3. The average Bonchev–Trinajstić information content (AvgIpc) is 2.55. The van der Waals surface area contributed by atoms with Gasteiger partial charge < -0.3 is 10.1 Å². The Morgan fingerprint density at radius 3 is 2.42 bits per heavy atom. The monoisotopic (exact) mass is 345 g/mol. The van der Waals surface area contributed by atoms with Gasteiger partial charge in [-0.2, -0.15) is 13.2 Å². The van der Waals surface area contributed by atoms with E-state index in [9.17, 15) is 22.8 Å². The van der Waals surface area contributed by atoms with Crippen LogP contribution in [0.15, 0.2) is 24.3 Å². The second kappa shape index (κ2) is 9.95. The van der Waals surface area contributed by atoms with Gasteiger partial charge in [-0.05, 0) is 18.6 Å². The highest BCUT2D eigenvalue weighted by molar-refractivity contribution is 5.97. The summed E-state index contributed by atoms with van der Waals surface area (Å²) in [4.78, 5) is 23.3. The van der Waals surface area contributed by atoms with Crippen LogP contribution >= 0.6 is 0 Å². The molecule has 1 N–H and O–H groups in total. The highest BCUT2D eigenvalue weighted by atomic mass is 19.4. The summed E-state index contributed by atoms with van der Waals surface area (Å²) in [6.45, 7) is 1.89. The lowest BCUT2D eigenvalue weighted by Crippen LogP contribution is -2.32. The molecule has 0 fully saturated rings. The zero-order valence-corrected chi connectivity index (χ0v) is 13.6. The third-order valence-electron chi connectivity index (χ3n) is 3.38. The smallest absolute Gasteiger partial charge is 0.417 e. The number of amides is 1. The van der Waals surface area contributed by atoms with Crippen molar-refractivity contribution in [3.05, 3.63) is 35.4 Å². The Morgan fingerprint density at radius 2 is 1.75 bits per heavy atom. The lowest BCUT2D eigenvalue weighted by Gasteiger charge is -2.12. The number of carbonyl (C=O) groups excluding carboxylic acids is 2. The van der Waals surface area contributed by atoms with Crippen molar-refractivity contribution >= 4 is 11.9 Å². The third kappa shape index (κ3) is 7.02. The van der Waals surface area contributed by atoms with Crippen LogP contribution in [0.5, 0.6) is 0 Å². The summed E-state index contributed by atoms with van der Waals surface area (Å²) >= 11 is 0. The Balaban J connectivity index is 2.40. The first-order valence-electron chi connectivity index (χ1n) is 7.96. The van der Waals surface area contributed by atoms with Gasteiger partial charge in [0.2, 0.25) is 0 Å². The summed E-state index contributed by atoms with van der Waals surface area (Å²) in [6, 6.07) is 4.42. The van der Waals surface area contributed by atoms with Crippen molar-refractivity contribution in [3.63, 3.8) is 0 Å². The van der Waals surface area contributed by atoms with Gasteiger partial charge in [-0.1, -0.05) is 44.7 Å². The first-order chi connectivity index (χ1) is 11.4. The number of alkyl halides is 3. The van der Waals surface area contributed by atoms with Crippen LogP contribution in [0, 0.1) is 0 Å². The van der Waals surface area contributed by atoms with E-state index in [1.165, 1.54) is 12.1 Å². The summed E-state index contributed by atoms with van der Waals surface area (Å²) in [5, 5.41) is 2.16. The minimum Gasteiger partial charge on any atom is -0.464 e. The molecule has 1 amide bonds. The highest BCUT2D eigenvalue weighted by Gasteiger charge is 2.34. The molecule has 24 heavy (non-hydrogen) atoms. The molecule has 0 spiro atoms.